The lowest BCUT2D eigenvalue weighted by atomic mass is 9.83. The van der Waals surface area contributed by atoms with E-state index in [9.17, 15) is 35.0 Å². The predicted molar refractivity (Wildman–Crippen MR) is 99.9 cm³/mol. The maximum absolute atomic E-state index is 12.0. The van der Waals surface area contributed by atoms with E-state index in [0.29, 0.717) is 6.42 Å². The maximum Gasteiger partial charge on any atom is 0.0894 e. The van der Waals surface area contributed by atoms with Crippen LogP contribution in [0.15, 0.2) is 12.2 Å². The first kappa shape index (κ1) is 26.4. The van der Waals surface area contributed by atoms with Gasteiger partial charge in [0.15, 0.2) is 0 Å². The first-order chi connectivity index (χ1) is 13.0. The van der Waals surface area contributed by atoms with Crippen molar-refractivity contribution in [1.29, 1.82) is 0 Å². The Bertz CT molecular complexity index is 363. The average molecular weight is 396 g/mol. The summed E-state index contributed by atoms with van der Waals surface area (Å²) in [4.78, 5) is 0. The van der Waals surface area contributed by atoms with Crippen molar-refractivity contribution in [2.45, 2.75) is 44.6 Å². The number of alkyl halides is 1. The van der Waals surface area contributed by atoms with Crippen LogP contribution >= 0.6 is 0 Å². The molecule has 0 aliphatic rings. The normalized spacial score (nSPS) is 14.2. The summed E-state index contributed by atoms with van der Waals surface area (Å²) in [5.74, 6) is 0. The van der Waals surface area contributed by atoms with E-state index < -0.39 is 50.0 Å². The molecule has 0 aromatic rings. The minimum absolute atomic E-state index is 0.187. The van der Waals surface area contributed by atoms with Gasteiger partial charge in [-0.3, -0.25) is 4.39 Å². The second kappa shape index (κ2) is 15.3. The van der Waals surface area contributed by atoms with E-state index in [0.717, 1.165) is 32.1 Å². The molecule has 1 unspecified atom stereocenters. The fraction of sp³-hybridized carbons (Fsp3) is 0.895. The number of hydrogen-bond donors (Lipinski definition) is 6. The quantitative estimate of drug-likeness (QED) is 0.144. The molecule has 162 valence electrons. The van der Waals surface area contributed by atoms with Gasteiger partial charge in [-0.1, -0.05) is 31.4 Å². The zero-order chi connectivity index (χ0) is 20.6. The van der Waals surface area contributed by atoms with Crippen LogP contribution in [0.25, 0.3) is 0 Å². The molecule has 0 amide bonds. The molecule has 6 N–H and O–H groups in total. The Morgan fingerprint density at radius 1 is 0.778 bits per heavy atom. The summed E-state index contributed by atoms with van der Waals surface area (Å²) in [7, 11) is 0. The number of aliphatic hydroxyl groups is 6. The Labute approximate surface area is 161 Å². The molecule has 0 heterocycles. The molecule has 0 saturated carbocycles. The maximum atomic E-state index is 12.0. The number of halogens is 1. The minimum Gasteiger partial charge on any atom is -0.396 e. The lowest BCUT2D eigenvalue weighted by Gasteiger charge is -2.35. The molecule has 0 saturated heterocycles. The van der Waals surface area contributed by atoms with E-state index in [1.54, 1.807) is 6.08 Å². The van der Waals surface area contributed by atoms with Gasteiger partial charge >= 0.3 is 0 Å². The highest BCUT2D eigenvalue weighted by atomic mass is 19.1. The Morgan fingerprint density at radius 2 is 1.33 bits per heavy atom. The summed E-state index contributed by atoms with van der Waals surface area (Å²) >= 11 is 0. The van der Waals surface area contributed by atoms with E-state index in [4.69, 9.17) is 4.74 Å². The number of ether oxygens (including phenoxy) is 1. The van der Waals surface area contributed by atoms with Crippen molar-refractivity contribution in [3.05, 3.63) is 12.2 Å². The van der Waals surface area contributed by atoms with Crippen molar-refractivity contribution in [3.8, 4) is 0 Å². The molecule has 7 nitrogen and oxygen atoms in total. The molecule has 1 atom stereocenters. The van der Waals surface area contributed by atoms with Gasteiger partial charge in [0, 0.05) is 0 Å². The van der Waals surface area contributed by atoms with Crippen LogP contribution in [0.4, 0.5) is 4.39 Å². The fourth-order valence-corrected chi connectivity index (χ4v) is 2.49. The first-order valence-corrected chi connectivity index (χ1v) is 9.52. The lowest BCUT2D eigenvalue weighted by Crippen LogP contribution is -2.47. The van der Waals surface area contributed by atoms with E-state index >= 15 is 0 Å². The van der Waals surface area contributed by atoms with Gasteiger partial charge < -0.3 is 35.4 Å². The third kappa shape index (κ3) is 9.43. The van der Waals surface area contributed by atoms with Crippen LogP contribution in [0.5, 0.6) is 0 Å². The topological polar surface area (TPSA) is 131 Å². The Balaban J connectivity index is 4.49. The highest BCUT2D eigenvalue weighted by Crippen LogP contribution is 2.25. The van der Waals surface area contributed by atoms with Gasteiger partial charge in [-0.15, -0.1) is 0 Å². The summed E-state index contributed by atoms with van der Waals surface area (Å²) in [6.07, 6.45) is 7.17. The van der Waals surface area contributed by atoms with Gasteiger partial charge in [0.2, 0.25) is 0 Å². The number of rotatable bonds is 18. The Morgan fingerprint density at radius 3 is 1.85 bits per heavy atom. The van der Waals surface area contributed by atoms with E-state index in [2.05, 4.69) is 0 Å². The smallest absolute Gasteiger partial charge is 0.0894 e. The van der Waals surface area contributed by atoms with Crippen molar-refractivity contribution in [3.63, 3.8) is 0 Å². The Kier molecular flexibility index (Phi) is 15.0. The van der Waals surface area contributed by atoms with Gasteiger partial charge in [0.1, 0.15) is 0 Å². The van der Waals surface area contributed by atoms with Gasteiger partial charge in [0.25, 0.3) is 0 Å². The molecule has 0 rings (SSSR count). The van der Waals surface area contributed by atoms with Crippen LogP contribution in [0.2, 0.25) is 0 Å². The van der Waals surface area contributed by atoms with Crippen molar-refractivity contribution in [2.75, 3.05) is 52.9 Å². The molecular formula is C19H37FO7. The number of hydrogen-bond acceptors (Lipinski definition) is 7. The van der Waals surface area contributed by atoms with Crippen LogP contribution in [-0.2, 0) is 4.74 Å². The molecule has 0 aliphatic carbocycles. The summed E-state index contributed by atoms with van der Waals surface area (Å²) in [6.45, 7) is -3.19. The predicted octanol–water partition coefficient (Wildman–Crippen LogP) is 0.164. The summed E-state index contributed by atoms with van der Waals surface area (Å²) in [5.41, 5.74) is -2.55. The molecule has 0 aliphatic heterocycles. The summed E-state index contributed by atoms with van der Waals surface area (Å²) < 4.78 is 17.4. The summed E-state index contributed by atoms with van der Waals surface area (Å²) in [5, 5.41) is 57.5. The van der Waals surface area contributed by atoms with Crippen LogP contribution in [0, 0.1) is 10.8 Å². The number of unbranched alkanes of at least 4 members (excludes halogenated alkanes) is 5. The highest BCUT2D eigenvalue weighted by Gasteiger charge is 2.37. The molecule has 0 spiro atoms. The molecule has 0 aromatic carbocycles. The second-order valence-corrected chi connectivity index (χ2v) is 7.26. The second-order valence-electron chi connectivity index (χ2n) is 7.26. The van der Waals surface area contributed by atoms with Gasteiger partial charge in [-0.25, -0.2) is 0 Å². The van der Waals surface area contributed by atoms with E-state index in [1.807, 2.05) is 0 Å². The van der Waals surface area contributed by atoms with Crippen molar-refractivity contribution in [1.82, 2.24) is 0 Å². The molecule has 0 fully saturated rings. The van der Waals surface area contributed by atoms with E-state index in [-0.39, 0.29) is 19.9 Å². The lowest BCUT2D eigenvalue weighted by molar-refractivity contribution is -0.116. The Hall–Kier alpha value is -0.610. The summed E-state index contributed by atoms with van der Waals surface area (Å²) in [6, 6.07) is 0. The van der Waals surface area contributed by atoms with Crippen LogP contribution in [-0.4, -0.2) is 89.7 Å². The SMILES string of the molecule is OCC(CO)(CO)COCC(CO)(CO)C(O)C=CCCCCCCCF. The third-order valence-electron chi connectivity index (χ3n) is 4.88. The average Bonchev–Trinajstić information content (AvgIpc) is 2.71. The third-order valence-corrected chi connectivity index (χ3v) is 4.88. The van der Waals surface area contributed by atoms with Gasteiger partial charge in [-0.05, 0) is 19.3 Å². The molecule has 0 radical (unpaired) electrons. The molecular weight excluding hydrogens is 359 g/mol. The zero-order valence-electron chi connectivity index (χ0n) is 16.1. The molecule has 0 aromatic heterocycles. The van der Waals surface area contributed by atoms with Gasteiger partial charge in [0.05, 0.1) is 69.9 Å². The van der Waals surface area contributed by atoms with Crippen molar-refractivity contribution >= 4 is 0 Å². The monoisotopic (exact) mass is 396 g/mol. The zero-order valence-corrected chi connectivity index (χ0v) is 16.1. The number of aliphatic hydroxyl groups excluding tert-OH is 6. The van der Waals surface area contributed by atoms with Gasteiger partial charge in [-0.2, -0.15) is 0 Å². The van der Waals surface area contributed by atoms with Crippen LogP contribution in [0.1, 0.15) is 38.5 Å². The van der Waals surface area contributed by atoms with Crippen molar-refractivity contribution < 1.29 is 39.8 Å². The first-order valence-electron chi connectivity index (χ1n) is 9.52. The van der Waals surface area contributed by atoms with Crippen molar-refractivity contribution in [2.24, 2.45) is 10.8 Å². The largest absolute Gasteiger partial charge is 0.396 e. The fourth-order valence-electron chi connectivity index (χ4n) is 2.49. The van der Waals surface area contributed by atoms with Crippen LogP contribution < -0.4 is 0 Å². The minimum atomic E-state index is -1.33. The number of allylic oxidation sites excluding steroid dienone is 1. The van der Waals surface area contributed by atoms with E-state index in [1.165, 1.54) is 6.08 Å². The standard InChI is InChI=1S/C19H37FO7/c20-9-7-5-3-1-2-4-6-8-17(26)19(13-24,14-25)16-27-15-18(10-21,11-22)12-23/h6,8,17,21-26H,1-5,7,9-16H2. The highest BCUT2D eigenvalue weighted by molar-refractivity contribution is 5.00. The molecule has 27 heavy (non-hydrogen) atoms. The molecule has 8 heteroatoms. The molecule has 0 bridgehead atoms. The van der Waals surface area contributed by atoms with Crippen LogP contribution in [0.3, 0.4) is 0 Å².